The van der Waals surface area contributed by atoms with Gasteiger partial charge in [0.1, 0.15) is 0 Å². The van der Waals surface area contributed by atoms with Gasteiger partial charge in [-0.05, 0) is 56.1 Å². The highest BCUT2D eigenvalue weighted by Crippen LogP contribution is 2.23. The van der Waals surface area contributed by atoms with Crippen LogP contribution in [0.1, 0.15) is 49.9 Å². The van der Waals surface area contributed by atoms with Gasteiger partial charge in [0.15, 0.2) is 4.77 Å². The van der Waals surface area contributed by atoms with Crippen LogP contribution in [0.25, 0.3) is 10.9 Å². The number of aromatic amines is 1. The SMILES string of the molecule is CCn1c(=S)[nH]c2cc(C(=O)N[C@H]3CCC[C@H](C)C3)ccc2c1=O. The molecular formula is C18H23N3O2S. The van der Waals surface area contributed by atoms with Crippen molar-refractivity contribution in [1.29, 1.82) is 0 Å². The van der Waals surface area contributed by atoms with Crippen molar-refractivity contribution in [3.8, 4) is 0 Å². The molecular weight excluding hydrogens is 322 g/mol. The van der Waals surface area contributed by atoms with Gasteiger partial charge in [-0.3, -0.25) is 14.2 Å². The predicted octanol–water partition coefficient (Wildman–Crippen LogP) is 3.39. The second-order valence-corrected chi connectivity index (χ2v) is 7.07. The van der Waals surface area contributed by atoms with E-state index in [1.54, 1.807) is 18.2 Å². The molecule has 1 saturated carbocycles. The van der Waals surface area contributed by atoms with Gasteiger partial charge in [0.05, 0.1) is 10.9 Å². The Hall–Kier alpha value is -1.95. The first-order valence-corrected chi connectivity index (χ1v) is 8.98. The largest absolute Gasteiger partial charge is 0.349 e. The summed E-state index contributed by atoms with van der Waals surface area (Å²) in [6.07, 6.45) is 4.46. The van der Waals surface area contributed by atoms with E-state index < -0.39 is 0 Å². The number of hydrogen-bond donors (Lipinski definition) is 2. The normalized spacial score (nSPS) is 20.9. The number of nitrogens with zero attached hydrogens (tertiary/aromatic N) is 1. The monoisotopic (exact) mass is 345 g/mol. The maximum atomic E-state index is 12.5. The number of rotatable bonds is 3. The summed E-state index contributed by atoms with van der Waals surface area (Å²) in [7, 11) is 0. The van der Waals surface area contributed by atoms with Crippen LogP contribution in [-0.2, 0) is 6.54 Å². The Bertz CT molecular complexity index is 884. The van der Waals surface area contributed by atoms with E-state index in [0.29, 0.717) is 33.7 Å². The number of nitrogens with one attached hydrogen (secondary N) is 2. The van der Waals surface area contributed by atoms with Crippen LogP contribution in [0.3, 0.4) is 0 Å². The highest BCUT2D eigenvalue weighted by molar-refractivity contribution is 7.71. The molecule has 6 heteroatoms. The number of fused-ring (bicyclic) bond motifs is 1. The zero-order valence-electron chi connectivity index (χ0n) is 14.1. The Morgan fingerprint density at radius 1 is 1.42 bits per heavy atom. The van der Waals surface area contributed by atoms with E-state index in [4.69, 9.17) is 12.2 Å². The predicted molar refractivity (Wildman–Crippen MR) is 98.0 cm³/mol. The molecule has 0 saturated heterocycles. The maximum absolute atomic E-state index is 12.5. The summed E-state index contributed by atoms with van der Waals surface area (Å²) in [5.74, 6) is 0.569. The topological polar surface area (TPSA) is 66.9 Å². The fourth-order valence-corrected chi connectivity index (χ4v) is 3.84. The zero-order chi connectivity index (χ0) is 17.3. The Morgan fingerprint density at radius 3 is 2.92 bits per heavy atom. The van der Waals surface area contributed by atoms with E-state index >= 15 is 0 Å². The molecule has 0 spiro atoms. The van der Waals surface area contributed by atoms with Crippen LogP contribution >= 0.6 is 12.2 Å². The standard InChI is InChI=1S/C18H23N3O2S/c1-3-21-17(23)14-8-7-12(10-15(14)20-18(21)24)16(22)19-13-6-4-5-11(2)9-13/h7-8,10-11,13H,3-6,9H2,1-2H3,(H,19,22)(H,20,24)/t11-,13-/m0/s1. The maximum Gasteiger partial charge on any atom is 0.262 e. The minimum Gasteiger partial charge on any atom is -0.349 e. The molecule has 2 atom stereocenters. The van der Waals surface area contributed by atoms with Gasteiger partial charge in [0, 0.05) is 18.2 Å². The van der Waals surface area contributed by atoms with Crippen molar-refractivity contribution in [3.05, 3.63) is 38.9 Å². The van der Waals surface area contributed by atoms with E-state index in [0.717, 1.165) is 19.3 Å². The molecule has 1 heterocycles. The van der Waals surface area contributed by atoms with Gasteiger partial charge in [-0.2, -0.15) is 0 Å². The summed E-state index contributed by atoms with van der Waals surface area (Å²) in [5.41, 5.74) is 1.05. The van der Waals surface area contributed by atoms with E-state index in [-0.39, 0.29) is 17.5 Å². The summed E-state index contributed by atoms with van der Waals surface area (Å²) < 4.78 is 1.90. The van der Waals surface area contributed by atoms with Crippen molar-refractivity contribution in [3.63, 3.8) is 0 Å². The Labute approximate surface area is 146 Å². The van der Waals surface area contributed by atoms with Gasteiger partial charge < -0.3 is 10.3 Å². The van der Waals surface area contributed by atoms with Crippen molar-refractivity contribution in [2.24, 2.45) is 5.92 Å². The van der Waals surface area contributed by atoms with E-state index in [1.165, 1.54) is 11.0 Å². The second-order valence-electron chi connectivity index (χ2n) is 6.68. The summed E-state index contributed by atoms with van der Waals surface area (Å²) >= 11 is 5.23. The third-order valence-electron chi connectivity index (χ3n) is 4.83. The number of aromatic nitrogens is 2. The molecule has 128 valence electrons. The molecule has 1 aromatic carbocycles. The molecule has 5 nitrogen and oxygen atoms in total. The molecule has 2 N–H and O–H groups in total. The summed E-state index contributed by atoms with van der Waals surface area (Å²) in [6, 6.07) is 5.37. The minimum atomic E-state index is -0.121. The Balaban J connectivity index is 1.89. The third-order valence-corrected chi connectivity index (χ3v) is 5.15. The molecule has 1 fully saturated rings. The van der Waals surface area contributed by atoms with Crippen molar-refractivity contribution < 1.29 is 4.79 Å². The number of H-pyrrole nitrogens is 1. The van der Waals surface area contributed by atoms with E-state index in [2.05, 4.69) is 17.2 Å². The van der Waals surface area contributed by atoms with Crippen molar-refractivity contribution in [2.75, 3.05) is 0 Å². The first-order valence-electron chi connectivity index (χ1n) is 8.57. The molecule has 0 unspecified atom stereocenters. The summed E-state index contributed by atoms with van der Waals surface area (Å²) in [6.45, 7) is 4.63. The lowest BCUT2D eigenvalue weighted by molar-refractivity contribution is 0.0921. The molecule has 0 aliphatic heterocycles. The quantitative estimate of drug-likeness (QED) is 0.838. The lowest BCUT2D eigenvalue weighted by atomic mass is 9.87. The zero-order valence-corrected chi connectivity index (χ0v) is 14.9. The fourth-order valence-electron chi connectivity index (χ4n) is 3.52. The van der Waals surface area contributed by atoms with Crippen LogP contribution in [0.2, 0.25) is 0 Å². The molecule has 1 amide bonds. The first-order chi connectivity index (χ1) is 11.5. The third kappa shape index (κ3) is 3.29. The lowest BCUT2D eigenvalue weighted by Crippen LogP contribution is -2.38. The second kappa shape index (κ2) is 6.89. The molecule has 1 aliphatic carbocycles. The molecule has 1 aromatic heterocycles. The van der Waals surface area contributed by atoms with Crippen molar-refractivity contribution in [2.45, 2.75) is 52.1 Å². The number of carbonyl (C=O) groups excluding carboxylic acids is 1. The average molecular weight is 345 g/mol. The molecule has 24 heavy (non-hydrogen) atoms. The highest BCUT2D eigenvalue weighted by Gasteiger charge is 2.21. The van der Waals surface area contributed by atoms with Crippen LogP contribution in [0, 0.1) is 10.7 Å². The van der Waals surface area contributed by atoms with Gasteiger partial charge >= 0.3 is 0 Å². The van der Waals surface area contributed by atoms with Gasteiger partial charge in [0.25, 0.3) is 11.5 Å². The lowest BCUT2D eigenvalue weighted by Gasteiger charge is -2.27. The fraction of sp³-hybridized carbons (Fsp3) is 0.500. The van der Waals surface area contributed by atoms with Crippen LogP contribution in [0.15, 0.2) is 23.0 Å². The molecule has 1 aliphatic rings. The van der Waals surface area contributed by atoms with Gasteiger partial charge in [-0.15, -0.1) is 0 Å². The summed E-state index contributed by atoms with van der Waals surface area (Å²) in [4.78, 5) is 28.0. The molecule has 2 aromatic rings. The van der Waals surface area contributed by atoms with Crippen molar-refractivity contribution >= 4 is 29.0 Å². The van der Waals surface area contributed by atoms with Gasteiger partial charge in [0.2, 0.25) is 0 Å². The molecule has 0 bridgehead atoms. The minimum absolute atomic E-state index is 0.0880. The summed E-state index contributed by atoms with van der Waals surface area (Å²) in [5, 5.41) is 3.67. The van der Waals surface area contributed by atoms with E-state index in [1.807, 2.05) is 6.92 Å². The average Bonchev–Trinajstić information content (AvgIpc) is 2.54. The van der Waals surface area contributed by atoms with Gasteiger partial charge in [-0.1, -0.05) is 19.8 Å². The van der Waals surface area contributed by atoms with Crippen LogP contribution in [0.4, 0.5) is 0 Å². The molecule has 0 radical (unpaired) electrons. The Kier molecular flexibility index (Phi) is 4.85. The van der Waals surface area contributed by atoms with Crippen LogP contribution in [0.5, 0.6) is 0 Å². The number of benzene rings is 1. The van der Waals surface area contributed by atoms with Gasteiger partial charge in [-0.25, -0.2) is 0 Å². The van der Waals surface area contributed by atoms with Crippen molar-refractivity contribution in [1.82, 2.24) is 14.9 Å². The molecule has 3 rings (SSSR count). The number of carbonyl (C=O) groups is 1. The van der Waals surface area contributed by atoms with Crippen LogP contribution in [-0.4, -0.2) is 21.5 Å². The first kappa shape index (κ1) is 16.9. The highest BCUT2D eigenvalue weighted by atomic mass is 32.1. The van der Waals surface area contributed by atoms with E-state index in [9.17, 15) is 9.59 Å². The number of amides is 1. The van der Waals surface area contributed by atoms with Crippen LogP contribution < -0.4 is 10.9 Å². The Morgan fingerprint density at radius 2 is 2.21 bits per heavy atom. The smallest absolute Gasteiger partial charge is 0.262 e. The number of hydrogen-bond acceptors (Lipinski definition) is 3.